The predicted octanol–water partition coefficient (Wildman–Crippen LogP) is 7.73. The lowest BCUT2D eigenvalue weighted by Gasteiger charge is -2.61. The molecule has 2 aliphatic carbocycles. The molecule has 2 saturated carbocycles. The van der Waals surface area contributed by atoms with Gasteiger partial charge in [0.25, 0.3) is 0 Å². The molecular weight excluding hydrogens is 568 g/mol. The molecule has 244 valence electrons. The minimum atomic E-state index is -1.69. The van der Waals surface area contributed by atoms with Crippen LogP contribution in [0.2, 0.25) is 0 Å². The number of benzene rings is 1. The highest BCUT2D eigenvalue weighted by atomic mass is 16.3. The van der Waals surface area contributed by atoms with Crippen molar-refractivity contribution in [3.05, 3.63) is 76.9 Å². The molecule has 1 aromatic carbocycles. The lowest BCUT2D eigenvalue weighted by molar-refractivity contribution is -0.177. The number of rotatable bonds is 11. The lowest BCUT2D eigenvalue weighted by atomic mass is 9.38. The monoisotopic (exact) mass is 618 g/mol. The first kappa shape index (κ1) is 35.8. The summed E-state index contributed by atoms with van der Waals surface area (Å²) >= 11 is 0. The zero-order chi connectivity index (χ0) is 34.2. The van der Waals surface area contributed by atoms with Crippen molar-refractivity contribution in [3.63, 3.8) is 0 Å². The summed E-state index contributed by atoms with van der Waals surface area (Å²) in [6.45, 7) is 23.1. The van der Waals surface area contributed by atoms with Gasteiger partial charge in [0.15, 0.2) is 28.8 Å². The van der Waals surface area contributed by atoms with Crippen LogP contribution in [0.15, 0.2) is 71.4 Å². The SMILES string of the molecule is C=C(C)C(O)C[C@H](C[C@@]12C[C@@H](CC=C(C)C)C(C)(C)[C@@](CC=C(C)C)(C(=O)/C(=C(/O)c3ccc(O)c(O)c3)C1=O)C2=O)C(=C)C. The third-order valence-corrected chi connectivity index (χ3v) is 10.3. The number of ketones is 3. The summed E-state index contributed by atoms with van der Waals surface area (Å²) in [6, 6.07) is 3.56. The van der Waals surface area contributed by atoms with Gasteiger partial charge < -0.3 is 20.4 Å². The van der Waals surface area contributed by atoms with Gasteiger partial charge in [-0.15, -0.1) is 0 Å². The molecule has 0 radical (unpaired) electrons. The average Bonchev–Trinajstić information content (AvgIpc) is 2.93. The van der Waals surface area contributed by atoms with Gasteiger partial charge in [-0.25, -0.2) is 0 Å². The number of aromatic hydroxyl groups is 2. The van der Waals surface area contributed by atoms with E-state index in [4.69, 9.17) is 0 Å². The average molecular weight is 619 g/mol. The number of fused-ring (bicyclic) bond motifs is 2. The van der Waals surface area contributed by atoms with Crippen LogP contribution in [0.25, 0.3) is 5.76 Å². The van der Waals surface area contributed by atoms with Gasteiger partial charge in [-0.05, 0) is 109 Å². The minimum absolute atomic E-state index is 0.00714. The molecular formula is C38H50O7. The first-order valence-corrected chi connectivity index (χ1v) is 15.6. The minimum Gasteiger partial charge on any atom is -0.506 e. The molecule has 45 heavy (non-hydrogen) atoms. The van der Waals surface area contributed by atoms with Crippen molar-refractivity contribution in [2.75, 3.05) is 0 Å². The Morgan fingerprint density at radius 3 is 2.04 bits per heavy atom. The van der Waals surface area contributed by atoms with Crippen LogP contribution in [0.1, 0.15) is 93.1 Å². The topological polar surface area (TPSA) is 132 Å². The molecule has 7 nitrogen and oxygen atoms in total. The van der Waals surface area contributed by atoms with Gasteiger partial charge in [-0.1, -0.05) is 61.4 Å². The molecule has 2 fully saturated rings. The van der Waals surface area contributed by atoms with Crippen molar-refractivity contribution in [3.8, 4) is 11.5 Å². The quantitative estimate of drug-likeness (QED) is 0.0498. The van der Waals surface area contributed by atoms with Crippen molar-refractivity contribution >= 4 is 23.1 Å². The molecule has 0 amide bonds. The van der Waals surface area contributed by atoms with E-state index in [9.17, 15) is 30.0 Å². The van der Waals surface area contributed by atoms with Gasteiger partial charge in [0.05, 0.1) is 11.5 Å². The van der Waals surface area contributed by atoms with Crippen LogP contribution in [-0.4, -0.2) is 43.9 Å². The van der Waals surface area contributed by atoms with Gasteiger partial charge in [0.2, 0.25) is 0 Å². The van der Waals surface area contributed by atoms with Crippen LogP contribution < -0.4 is 0 Å². The Morgan fingerprint density at radius 1 is 0.933 bits per heavy atom. The third-order valence-electron chi connectivity index (χ3n) is 10.3. The first-order chi connectivity index (χ1) is 20.7. The maximum absolute atomic E-state index is 15.2. The molecule has 5 atom stereocenters. The van der Waals surface area contributed by atoms with Crippen molar-refractivity contribution in [2.45, 2.75) is 93.6 Å². The molecule has 1 aromatic rings. The maximum Gasteiger partial charge on any atom is 0.184 e. The van der Waals surface area contributed by atoms with E-state index >= 15 is 4.79 Å². The number of hydrogen-bond donors (Lipinski definition) is 4. The summed E-state index contributed by atoms with van der Waals surface area (Å²) in [6.07, 6.45) is 3.98. The van der Waals surface area contributed by atoms with Crippen molar-refractivity contribution in [2.24, 2.45) is 28.1 Å². The van der Waals surface area contributed by atoms with Crippen LogP contribution in [-0.2, 0) is 14.4 Å². The zero-order valence-corrected chi connectivity index (χ0v) is 28.1. The fourth-order valence-corrected chi connectivity index (χ4v) is 7.18. The highest BCUT2D eigenvalue weighted by molar-refractivity contribution is 6.41. The summed E-state index contributed by atoms with van der Waals surface area (Å²) < 4.78 is 0. The largest absolute Gasteiger partial charge is 0.506 e. The lowest BCUT2D eigenvalue weighted by Crippen LogP contribution is -2.69. The van der Waals surface area contributed by atoms with Crippen LogP contribution >= 0.6 is 0 Å². The Bertz CT molecular complexity index is 1510. The summed E-state index contributed by atoms with van der Waals surface area (Å²) in [5.41, 5.74) is -1.62. The van der Waals surface area contributed by atoms with E-state index in [0.29, 0.717) is 17.6 Å². The summed E-state index contributed by atoms with van der Waals surface area (Å²) in [5, 5.41) is 42.6. The van der Waals surface area contributed by atoms with E-state index in [1.54, 1.807) is 13.8 Å². The van der Waals surface area contributed by atoms with Gasteiger partial charge in [0.1, 0.15) is 16.7 Å². The number of aliphatic hydroxyl groups is 2. The molecule has 0 spiro atoms. The number of phenolic OH excluding ortho intramolecular Hbond substituents is 2. The molecule has 2 bridgehead atoms. The van der Waals surface area contributed by atoms with E-state index in [1.165, 1.54) is 6.07 Å². The van der Waals surface area contributed by atoms with E-state index < -0.39 is 68.4 Å². The molecule has 0 heterocycles. The zero-order valence-electron chi connectivity index (χ0n) is 28.1. The molecule has 3 rings (SSSR count). The number of phenols is 2. The van der Waals surface area contributed by atoms with Crippen LogP contribution in [0.5, 0.6) is 11.5 Å². The van der Waals surface area contributed by atoms with E-state index in [-0.39, 0.29) is 37.2 Å². The molecule has 0 aromatic heterocycles. The molecule has 2 aliphatic rings. The fourth-order valence-electron chi connectivity index (χ4n) is 7.18. The van der Waals surface area contributed by atoms with Crippen molar-refractivity contribution < 1.29 is 34.8 Å². The van der Waals surface area contributed by atoms with Gasteiger partial charge >= 0.3 is 0 Å². The Labute approximate surface area is 267 Å². The van der Waals surface area contributed by atoms with Crippen molar-refractivity contribution in [1.29, 1.82) is 0 Å². The second-order valence-corrected chi connectivity index (χ2v) is 14.4. The van der Waals surface area contributed by atoms with Crippen molar-refractivity contribution in [1.82, 2.24) is 0 Å². The smallest absolute Gasteiger partial charge is 0.184 e. The number of carbonyl (C=O) groups excluding carboxylic acids is 3. The fraction of sp³-hybridized carbons (Fsp3) is 0.500. The molecule has 0 aliphatic heterocycles. The second-order valence-electron chi connectivity index (χ2n) is 14.4. The normalized spacial score (nSPS) is 26.5. The number of aliphatic hydroxyl groups excluding tert-OH is 2. The molecule has 0 saturated heterocycles. The summed E-state index contributed by atoms with van der Waals surface area (Å²) in [4.78, 5) is 45.0. The Kier molecular flexibility index (Phi) is 10.3. The summed E-state index contributed by atoms with van der Waals surface area (Å²) in [5.74, 6) is -4.27. The number of allylic oxidation sites excluding steroid dienone is 6. The second kappa shape index (κ2) is 13.0. The van der Waals surface area contributed by atoms with E-state index in [1.807, 2.05) is 47.6 Å². The van der Waals surface area contributed by atoms with Crippen LogP contribution in [0, 0.1) is 28.1 Å². The van der Waals surface area contributed by atoms with E-state index in [2.05, 4.69) is 19.2 Å². The predicted molar refractivity (Wildman–Crippen MR) is 178 cm³/mol. The Morgan fingerprint density at radius 2 is 1.53 bits per heavy atom. The highest BCUT2D eigenvalue weighted by Crippen LogP contribution is 2.66. The van der Waals surface area contributed by atoms with Crippen LogP contribution in [0.3, 0.4) is 0 Å². The number of carbonyl (C=O) groups is 3. The molecule has 7 heteroatoms. The van der Waals surface area contributed by atoms with Crippen LogP contribution in [0.4, 0.5) is 0 Å². The first-order valence-electron chi connectivity index (χ1n) is 15.6. The highest BCUT2D eigenvalue weighted by Gasteiger charge is 2.74. The molecule has 1 unspecified atom stereocenters. The molecule has 4 N–H and O–H groups in total. The standard InChI is InChI=1S/C38H50O7/c1-21(2)11-13-27-20-37(19-26(23(5)6)18-29(40)24(7)8)33(43)31(32(42)25-12-14-28(39)30(41)17-25)34(44)38(35(37)45,36(27,9)10)16-15-22(3)4/h11-12,14-15,17,26-27,29,39-42H,5,7,13,16,18-20H2,1-4,6,8-10H3/b32-31+/t26-,27-,29?,37-,38+/m1/s1. The van der Waals surface area contributed by atoms with Gasteiger partial charge in [0, 0.05) is 5.56 Å². The number of Topliss-reactive ketones (excluding diaryl/α,β-unsaturated/α-hetero) is 3. The maximum atomic E-state index is 15.2. The summed E-state index contributed by atoms with van der Waals surface area (Å²) in [7, 11) is 0. The Hall–Kier alpha value is -3.71. The third kappa shape index (κ3) is 6.24. The number of hydrogen-bond acceptors (Lipinski definition) is 7. The Balaban J connectivity index is 2.46. The van der Waals surface area contributed by atoms with E-state index in [0.717, 1.165) is 23.3 Å². The van der Waals surface area contributed by atoms with Gasteiger partial charge in [-0.2, -0.15) is 0 Å². The van der Waals surface area contributed by atoms with Gasteiger partial charge in [-0.3, -0.25) is 14.4 Å².